The van der Waals surface area contributed by atoms with Crippen LogP contribution in [0.15, 0.2) is 47.4 Å². The average molecular weight is 411 g/mol. The van der Waals surface area contributed by atoms with Gasteiger partial charge in [-0.3, -0.25) is 4.79 Å². The molecular weight excluding hydrogens is 392 g/mol. The third-order valence-corrected chi connectivity index (χ3v) is 5.01. The molecule has 9 heteroatoms. The summed E-state index contributed by atoms with van der Waals surface area (Å²) in [6.07, 6.45) is 1.05. The second-order valence-electron chi connectivity index (χ2n) is 5.98. The predicted octanol–water partition coefficient (Wildman–Crippen LogP) is 2.61. The van der Waals surface area contributed by atoms with Gasteiger partial charge < -0.3 is 15.0 Å². The maximum absolute atomic E-state index is 12.1. The average Bonchev–Trinajstić information content (AvgIpc) is 2.60. The lowest BCUT2D eigenvalue weighted by atomic mass is 10.2. The van der Waals surface area contributed by atoms with E-state index in [-0.39, 0.29) is 15.6 Å². The first-order chi connectivity index (χ1) is 12.6. The molecule has 0 aliphatic carbocycles. The van der Waals surface area contributed by atoms with Crippen LogP contribution in [-0.2, 0) is 19.4 Å². The van der Waals surface area contributed by atoms with E-state index < -0.39 is 28.3 Å². The number of benzene rings is 2. The molecule has 1 amide bonds. The minimum Gasteiger partial charge on any atom is -0.452 e. The van der Waals surface area contributed by atoms with Crippen molar-refractivity contribution in [2.75, 3.05) is 37.2 Å². The minimum absolute atomic E-state index is 0.0136. The lowest BCUT2D eigenvalue weighted by Gasteiger charge is -2.13. The molecule has 2 rings (SSSR count). The molecule has 144 valence electrons. The van der Waals surface area contributed by atoms with Crippen molar-refractivity contribution in [3.8, 4) is 0 Å². The molecule has 2 aromatic carbocycles. The highest BCUT2D eigenvalue weighted by molar-refractivity contribution is 7.90. The Balaban J connectivity index is 2.02. The molecule has 0 atom stereocenters. The van der Waals surface area contributed by atoms with Crippen LogP contribution in [0.5, 0.6) is 0 Å². The summed E-state index contributed by atoms with van der Waals surface area (Å²) in [5.41, 5.74) is 1.25. The van der Waals surface area contributed by atoms with Crippen LogP contribution in [0.1, 0.15) is 10.4 Å². The van der Waals surface area contributed by atoms with E-state index in [9.17, 15) is 18.0 Å². The van der Waals surface area contributed by atoms with Crippen molar-refractivity contribution in [3.63, 3.8) is 0 Å². The maximum atomic E-state index is 12.1. The summed E-state index contributed by atoms with van der Waals surface area (Å²) in [6, 6.07) is 10.7. The molecule has 0 fully saturated rings. The number of hydrogen-bond donors (Lipinski definition) is 1. The molecular formula is C18H19ClN2O5S. The van der Waals surface area contributed by atoms with Gasteiger partial charge in [-0.1, -0.05) is 17.7 Å². The van der Waals surface area contributed by atoms with Gasteiger partial charge in [0.2, 0.25) is 0 Å². The number of esters is 1. The Kier molecular flexibility index (Phi) is 6.45. The zero-order chi connectivity index (χ0) is 20.2. The number of nitrogens with zero attached hydrogens (tertiary/aromatic N) is 1. The molecule has 0 unspecified atom stereocenters. The molecule has 0 saturated heterocycles. The van der Waals surface area contributed by atoms with Gasteiger partial charge in [-0.2, -0.15) is 0 Å². The van der Waals surface area contributed by atoms with Gasteiger partial charge in [-0.25, -0.2) is 13.2 Å². The van der Waals surface area contributed by atoms with E-state index in [1.54, 1.807) is 18.2 Å². The van der Waals surface area contributed by atoms with Gasteiger partial charge in [0.05, 0.1) is 21.2 Å². The van der Waals surface area contributed by atoms with Crippen molar-refractivity contribution in [2.45, 2.75) is 4.90 Å². The van der Waals surface area contributed by atoms with Gasteiger partial charge in [0.1, 0.15) is 0 Å². The molecule has 1 N–H and O–H groups in total. The Labute approximate surface area is 162 Å². The number of hydrogen-bond acceptors (Lipinski definition) is 6. The van der Waals surface area contributed by atoms with Crippen LogP contribution in [0.4, 0.5) is 11.4 Å². The molecule has 0 spiro atoms. The molecule has 0 heterocycles. The first kappa shape index (κ1) is 20.7. The predicted molar refractivity (Wildman–Crippen MR) is 104 cm³/mol. The molecule has 0 aliphatic rings. The van der Waals surface area contributed by atoms with Gasteiger partial charge >= 0.3 is 5.97 Å². The Morgan fingerprint density at radius 2 is 1.85 bits per heavy atom. The molecule has 7 nitrogen and oxygen atoms in total. The van der Waals surface area contributed by atoms with Gasteiger partial charge in [0, 0.05) is 26.0 Å². The molecule has 0 radical (unpaired) electrons. The highest BCUT2D eigenvalue weighted by Crippen LogP contribution is 2.25. The Bertz CT molecular complexity index is 973. The number of nitrogens with one attached hydrogen (secondary N) is 1. The molecule has 0 aliphatic heterocycles. The molecule has 0 aromatic heterocycles. The summed E-state index contributed by atoms with van der Waals surface area (Å²) in [4.78, 5) is 26.0. The largest absolute Gasteiger partial charge is 0.452 e. The monoisotopic (exact) mass is 410 g/mol. The van der Waals surface area contributed by atoms with Crippen molar-refractivity contribution in [1.82, 2.24) is 0 Å². The summed E-state index contributed by atoms with van der Waals surface area (Å²) in [5, 5.41) is 2.61. The number of sulfone groups is 1. The number of ether oxygens (including phenoxy) is 1. The van der Waals surface area contributed by atoms with Crippen LogP contribution in [0.2, 0.25) is 5.02 Å². The van der Waals surface area contributed by atoms with Crippen molar-refractivity contribution in [3.05, 3.63) is 53.1 Å². The summed E-state index contributed by atoms with van der Waals surface area (Å²) in [7, 11) is 0.229. The van der Waals surface area contributed by atoms with Crippen LogP contribution in [0.25, 0.3) is 0 Å². The number of carbonyl (C=O) groups excluding carboxylic acids is 2. The highest BCUT2D eigenvalue weighted by atomic mass is 35.5. The third-order valence-electron chi connectivity index (χ3n) is 3.57. The summed E-state index contributed by atoms with van der Waals surface area (Å²) < 4.78 is 28.2. The van der Waals surface area contributed by atoms with Crippen molar-refractivity contribution < 1.29 is 22.7 Å². The van der Waals surface area contributed by atoms with E-state index >= 15 is 0 Å². The fourth-order valence-corrected chi connectivity index (χ4v) is 2.95. The lowest BCUT2D eigenvalue weighted by Crippen LogP contribution is -2.21. The maximum Gasteiger partial charge on any atom is 0.338 e. The normalized spacial score (nSPS) is 11.0. The van der Waals surface area contributed by atoms with E-state index in [0.29, 0.717) is 5.56 Å². The number of rotatable bonds is 6. The van der Waals surface area contributed by atoms with Crippen LogP contribution in [-0.4, -0.2) is 47.3 Å². The third kappa shape index (κ3) is 5.70. The Morgan fingerprint density at radius 1 is 1.15 bits per heavy atom. The van der Waals surface area contributed by atoms with Crippen molar-refractivity contribution >= 4 is 44.7 Å². The van der Waals surface area contributed by atoms with Gasteiger partial charge in [-0.15, -0.1) is 0 Å². The van der Waals surface area contributed by atoms with Crippen LogP contribution in [0, 0.1) is 0 Å². The van der Waals surface area contributed by atoms with E-state index in [2.05, 4.69) is 5.32 Å². The standard InChI is InChI=1S/C18H19ClN2O5S/c1-21(2)13-6-4-5-12(9-13)18(23)26-11-17(22)20-16-10-14(27(3,24)25)7-8-15(16)19/h4-10H,11H2,1-3H3,(H,20,22). The first-order valence-corrected chi connectivity index (χ1v) is 10.1. The minimum atomic E-state index is -3.45. The zero-order valence-electron chi connectivity index (χ0n) is 15.0. The quantitative estimate of drug-likeness (QED) is 0.736. The fraction of sp³-hybridized carbons (Fsp3) is 0.222. The SMILES string of the molecule is CN(C)c1cccc(C(=O)OCC(=O)Nc2cc(S(C)(=O)=O)ccc2Cl)c1. The van der Waals surface area contributed by atoms with Crippen LogP contribution >= 0.6 is 11.6 Å². The van der Waals surface area contributed by atoms with E-state index in [4.69, 9.17) is 16.3 Å². The number of halogens is 1. The van der Waals surface area contributed by atoms with Crippen LogP contribution < -0.4 is 10.2 Å². The molecule has 0 bridgehead atoms. The second kappa shape index (κ2) is 8.41. The van der Waals surface area contributed by atoms with Gasteiger partial charge in [-0.05, 0) is 36.4 Å². The molecule has 0 saturated carbocycles. The highest BCUT2D eigenvalue weighted by Gasteiger charge is 2.14. The zero-order valence-corrected chi connectivity index (χ0v) is 16.6. The van der Waals surface area contributed by atoms with Gasteiger partial charge in [0.25, 0.3) is 5.91 Å². The van der Waals surface area contributed by atoms with Crippen LogP contribution in [0.3, 0.4) is 0 Å². The first-order valence-electron chi connectivity index (χ1n) is 7.82. The topological polar surface area (TPSA) is 92.8 Å². The number of amides is 1. The smallest absolute Gasteiger partial charge is 0.338 e. The summed E-state index contributed by atoms with van der Waals surface area (Å²) in [5.74, 6) is -1.29. The Hall–Kier alpha value is -2.58. The number of carbonyl (C=O) groups is 2. The van der Waals surface area contributed by atoms with E-state index in [0.717, 1.165) is 11.9 Å². The van der Waals surface area contributed by atoms with Crippen molar-refractivity contribution in [1.29, 1.82) is 0 Å². The van der Waals surface area contributed by atoms with E-state index in [1.807, 2.05) is 25.1 Å². The lowest BCUT2D eigenvalue weighted by molar-refractivity contribution is -0.119. The fourth-order valence-electron chi connectivity index (χ4n) is 2.14. The second-order valence-corrected chi connectivity index (χ2v) is 8.41. The molecule has 27 heavy (non-hydrogen) atoms. The van der Waals surface area contributed by atoms with Crippen molar-refractivity contribution in [2.24, 2.45) is 0 Å². The molecule has 2 aromatic rings. The summed E-state index contributed by atoms with van der Waals surface area (Å²) >= 11 is 5.97. The number of anilines is 2. The summed E-state index contributed by atoms with van der Waals surface area (Å²) in [6.45, 7) is -0.537. The Morgan fingerprint density at radius 3 is 2.48 bits per heavy atom. The van der Waals surface area contributed by atoms with E-state index in [1.165, 1.54) is 18.2 Å². The van der Waals surface area contributed by atoms with Gasteiger partial charge in [0.15, 0.2) is 16.4 Å².